The number of nitrogens with one attached hydrogen (secondary N) is 1. The fraction of sp³-hybridized carbons (Fsp3) is 0.935. The third-order valence-corrected chi connectivity index (χ3v) is 14.6. The van der Waals surface area contributed by atoms with Gasteiger partial charge in [0.25, 0.3) is 0 Å². The van der Waals surface area contributed by atoms with Gasteiger partial charge in [-0.1, -0.05) is 315 Å². The molecule has 6 heteroatoms. The fourth-order valence-electron chi connectivity index (χ4n) is 9.81. The van der Waals surface area contributed by atoms with Crippen molar-refractivity contribution in [2.45, 2.75) is 360 Å². The van der Waals surface area contributed by atoms with E-state index < -0.39 is 12.1 Å². The quantitative estimate of drug-likeness (QED) is 0.0321. The Bertz CT molecular complexity index is 1020. The van der Waals surface area contributed by atoms with Gasteiger partial charge in [0.05, 0.1) is 25.4 Å². The molecular formula is C62H121NO5. The topological polar surface area (TPSA) is 95.9 Å². The molecule has 0 saturated heterocycles. The van der Waals surface area contributed by atoms with Crippen LogP contribution in [0.25, 0.3) is 0 Å². The van der Waals surface area contributed by atoms with Gasteiger partial charge in [-0.25, -0.2) is 0 Å². The maximum Gasteiger partial charge on any atom is 0.305 e. The van der Waals surface area contributed by atoms with Crippen molar-refractivity contribution in [3.05, 3.63) is 12.2 Å². The summed E-state index contributed by atoms with van der Waals surface area (Å²) in [6.07, 6.45) is 69.6. The van der Waals surface area contributed by atoms with Crippen LogP contribution in [0.4, 0.5) is 0 Å². The lowest BCUT2D eigenvalue weighted by atomic mass is 10.0. The summed E-state index contributed by atoms with van der Waals surface area (Å²) in [5.74, 6) is -0.0517. The Labute approximate surface area is 425 Å². The van der Waals surface area contributed by atoms with E-state index >= 15 is 0 Å². The average molecular weight is 961 g/mol. The summed E-state index contributed by atoms with van der Waals surface area (Å²) in [7, 11) is 0. The van der Waals surface area contributed by atoms with Crippen molar-refractivity contribution < 1.29 is 24.5 Å². The molecule has 68 heavy (non-hydrogen) atoms. The minimum Gasteiger partial charge on any atom is -0.466 e. The Morgan fingerprint density at radius 2 is 0.676 bits per heavy atom. The summed E-state index contributed by atoms with van der Waals surface area (Å²) in [5, 5.41) is 23.1. The molecule has 0 rings (SSSR count). The number of rotatable bonds is 58. The first kappa shape index (κ1) is 66.6. The van der Waals surface area contributed by atoms with Crippen LogP contribution in [0.3, 0.4) is 0 Å². The first-order chi connectivity index (χ1) is 33.5. The molecule has 3 N–H and O–H groups in total. The largest absolute Gasteiger partial charge is 0.466 e. The van der Waals surface area contributed by atoms with Crippen LogP contribution in [0.5, 0.6) is 0 Å². The smallest absolute Gasteiger partial charge is 0.305 e. The maximum atomic E-state index is 12.5. The summed E-state index contributed by atoms with van der Waals surface area (Å²) >= 11 is 0. The molecule has 0 aromatic heterocycles. The molecule has 0 saturated carbocycles. The number of carbonyl (C=O) groups is 2. The molecule has 0 aromatic carbocycles. The van der Waals surface area contributed by atoms with Gasteiger partial charge in [-0.05, 0) is 32.1 Å². The van der Waals surface area contributed by atoms with Gasteiger partial charge in [0.2, 0.25) is 5.91 Å². The van der Waals surface area contributed by atoms with Crippen molar-refractivity contribution >= 4 is 11.9 Å². The minimum atomic E-state index is -0.844. The number of hydrogen-bond donors (Lipinski definition) is 3. The average Bonchev–Trinajstić information content (AvgIpc) is 3.34. The number of carbonyl (C=O) groups excluding carboxylic acids is 2. The second-order valence-electron chi connectivity index (χ2n) is 21.4. The van der Waals surface area contributed by atoms with E-state index in [1.807, 2.05) is 6.08 Å². The second-order valence-corrected chi connectivity index (χ2v) is 21.4. The highest BCUT2D eigenvalue weighted by atomic mass is 16.5. The van der Waals surface area contributed by atoms with Crippen LogP contribution < -0.4 is 5.32 Å². The van der Waals surface area contributed by atoms with Crippen LogP contribution in [-0.4, -0.2) is 47.4 Å². The monoisotopic (exact) mass is 960 g/mol. The summed E-state index contributed by atoms with van der Waals surface area (Å²) < 4.78 is 5.49. The van der Waals surface area contributed by atoms with Crippen molar-refractivity contribution in [3.8, 4) is 0 Å². The van der Waals surface area contributed by atoms with Crippen LogP contribution in [0.2, 0.25) is 0 Å². The highest BCUT2D eigenvalue weighted by molar-refractivity contribution is 5.76. The number of amides is 1. The van der Waals surface area contributed by atoms with Gasteiger partial charge >= 0.3 is 5.97 Å². The van der Waals surface area contributed by atoms with Crippen LogP contribution in [-0.2, 0) is 14.3 Å². The summed E-state index contributed by atoms with van der Waals surface area (Å²) in [5.41, 5.74) is 0. The second kappa shape index (κ2) is 58.2. The van der Waals surface area contributed by atoms with E-state index in [-0.39, 0.29) is 18.5 Å². The van der Waals surface area contributed by atoms with Gasteiger partial charge in [0.1, 0.15) is 0 Å². The molecule has 0 aliphatic heterocycles. The Balaban J connectivity index is 3.39. The molecule has 0 bridgehead atoms. The summed E-state index contributed by atoms with van der Waals surface area (Å²) in [4.78, 5) is 24.5. The Morgan fingerprint density at radius 3 is 1.00 bits per heavy atom. The van der Waals surface area contributed by atoms with E-state index in [0.29, 0.717) is 19.4 Å². The number of aliphatic hydroxyl groups is 2. The lowest BCUT2D eigenvalue weighted by Crippen LogP contribution is -2.45. The molecule has 2 unspecified atom stereocenters. The Hall–Kier alpha value is -1.40. The molecule has 404 valence electrons. The zero-order chi connectivity index (χ0) is 49.3. The van der Waals surface area contributed by atoms with E-state index in [4.69, 9.17) is 4.74 Å². The lowest BCUT2D eigenvalue weighted by molar-refractivity contribution is -0.143. The van der Waals surface area contributed by atoms with Crippen molar-refractivity contribution in [2.75, 3.05) is 13.2 Å². The highest BCUT2D eigenvalue weighted by Gasteiger charge is 2.18. The normalized spacial score (nSPS) is 12.6. The minimum absolute atomic E-state index is 0.0149. The molecule has 0 aromatic rings. The zero-order valence-electron chi connectivity index (χ0n) is 46.1. The van der Waals surface area contributed by atoms with E-state index in [9.17, 15) is 19.8 Å². The molecule has 0 heterocycles. The standard InChI is InChI=1S/C62H121NO5/c1-3-5-7-9-11-13-15-17-26-30-34-38-42-46-50-54-60(65)59(58-64)63-61(66)55-51-47-43-39-35-31-28-24-22-20-19-21-23-25-29-33-37-41-45-49-53-57-68-62(67)56-52-48-44-40-36-32-27-18-16-14-12-10-8-6-4-2/h50,54,59-60,64-65H,3-49,51-53,55-58H2,1-2H3,(H,63,66)/b54-50+. The molecule has 6 nitrogen and oxygen atoms in total. The molecule has 0 aliphatic carbocycles. The lowest BCUT2D eigenvalue weighted by Gasteiger charge is -2.20. The highest BCUT2D eigenvalue weighted by Crippen LogP contribution is 2.18. The summed E-state index contributed by atoms with van der Waals surface area (Å²) in [6, 6.07) is -0.627. The van der Waals surface area contributed by atoms with Crippen LogP contribution in [0.1, 0.15) is 348 Å². The zero-order valence-corrected chi connectivity index (χ0v) is 46.1. The third-order valence-electron chi connectivity index (χ3n) is 14.6. The first-order valence-corrected chi connectivity index (χ1v) is 31.0. The van der Waals surface area contributed by atoms with Gasteiger partial charge < -0.3 is 20.3 Å². The van der Waals surface area contributed by atoms with Gasteiger partial charge in [-0.2, -0.15) is 0 Å². The van der Waals surface area contributed by atoms with E-state index in [0.717, 1.165) is 38.5 Å². The van der Waals surface area contributed by atoms with Crippen LogP contribution in [0.15, 0.2) is 12.2 Å². The number of aliphatic hydroxyl groups excluding tert-OH is 2. The van der Waals surface area contributed by atoms with Crippen molar-refractivity contribution in [1.29, 1.82) is 0 Å². The SMILES string of the molecule is CCCCCCCCCCCCCCC/C=C/C(O)C(CO)NC(=O)CCCCCCCCCCCCCCCCCCCCCCCOC(=O)CCCCCCCCCCCCCCCCC. The summed E-state index contributed by atoms with van der Waals surface area (Å²) in [6.45, 7) is 4.93. The molecule has 0 aliphatic rings. The number of unbranched alkanes of at least 4 members (excludes halogenated alkanes) is 47. The molecule has 0 spiro atoms. The predicted molar refractivity (Wildman–Crippen MR) is 297 cm³/mol. The van der Waals surface area contributed by atoms with E-state index in [1.54, 1.807) is 6.08 Å². The number of ether oxygens (including phenoxy) is 1. The molecule has 0 radical (unpaired) electrons. The van der Waals surface area contributed by atoms with Gasteiger partial charge in [-0.15, -0.1) is 0 Å². The van der Waals surface area contributed by atoms with Gasteiger partial charge in [0.15, 0.2) is 0 Å². The third kappa shape index (κ3) is 53.9. The molecule has 2 atom stereocenters. The Morgan fingerprint density at radius 1 is 0.397 bits per heavy atom. The Kier molecular flexibility index (Phi) is 57.0. The van der Waals surface area contributed by atoms with Crippen LogP contribution >= 0.6 is 0 Å². The molecule has 1 amide bonds. The number of allylic oxidation sites excluding steroid dienone is 1. The maximum absolute atomic E-state index is 12.5. The van der Waals surface area contributed by atoms with Crippen molar-refractivity contribution in [1.82, 2.24) is 5.32 Å². The van der Waals surface area contributed by atoms with Crippen molar-refractivity contribution in [3.63, 3.8) is 0 Å². The number of hydrogen-bond acceptors (Lipinski definition) is 5. The van der Waals surface area contributed by atoms with Gasteiger partial charge in [0, 0.05) is 12.8 Å². The van der Waals surface area contributed by atoms with Crippen molar-refractivity contribution in [2.24, 2.45) is 0 Å². The van der Waals surface area contributed by atoms with E-state index in [1.165, 1.54) is 283 Å². The fourth-order valence-corrected chi connectivity index (χ4v) is 9.81. The van der Waals surface area contributed by atoms with E-state index in [2.05, 4.69) is 19.2 Å². The first-order valence-electron chi connectivity index (χ1n) is 31.0. The molecular weight excluding hydrogens is 839 g/mol. The number of esters is 1. The predicted octanol–water partition coefficient (Wildman–Crippen LogP) is 19.2. The van der Waals surface area contributed by atoms with Crippen LogP contribution in [0, 0.1) is 0 Å². The van der Waals surface area contributed by atoms with Gasteiger partial charge in [-0.3, -0.25) is 9.59 Å². The molecule has 0 fully saturated rings.